The maximum absolute atomic E-state index is 12.9. The molecule has 24 heavy (non-hydrogen) atoms. The number of likely N-dealkylation sites (tertiary alicyclic amines) is 1. The van der Waals surface area contributed by atoms with E-state index in [9.17, 15) is 14.0 Å². The lowest BCUT2D eigenvalue weighted by Crippen LogP contribution is -2.30. The lowest BCUT2D eigenvalue weighted by molar-refractivity contribution is -0.128. The maximum atomic E-state index is 12.9. The second-order valence-corrected chi connectivity index (χ2v) is 5.68. The molecule has 0 saturated carbocycles. The van der Waals surface area contributed by atoms with Gasteiger partial charge in [-0.25, -0.2) is 14.4 Å². The predicted octanol–water partition coefficient (Wildman–Crippen LogP) is 1.65. The summed E-state index contributed by atoms with van der Waals surface area (Å²) >= 11 is 0. The van der Waals surface area contributed by atoms with Gasteiger partial charge in [0.15, 0.2) is 0 Å². The number of nitrogens with one attached hydrogen (secondary N) is 1. The molecule has 1 saturated heterocycles. The van der Waals surface area contributed by atoms with Crippen LogP contribution in [-0.2, 0) is 16.0 Å². The SMILES string of the molecule is O=C(Nc1ncccn1)C1CC(=O)N(CCc2ccc(F)cc2)C1. The van der Waals surface area contributed by atoms with Crippen molar-refractivity contribution in [2.75, 3.05) is 18.4 Å². The van der Waals surface area contributed by atoms with Gasteiger partial charge in [-0.05, 0) is 30.2 Å². The van der Waals surface area contributed by atoms with E-state index in [0.717, 1.165) is 5.56 Å². The Morgan fingerprint density at radius 1 is 1.25 bits per heavy atom. The number of amides is 2. The third-order valence-corrected chi connectivity index (χ3v) is 3.97. The second kappa shape index (κ2) is 7.16. The first-order valence-corrected chi connectivity index (χ1v) is 7.72. The fraction of sp³-hybridized carbons (Fsp3) is 0.294. The van der Waals surface area contributed by atoms with Gasteiger partial charge in [0.1, 0.15) is 5.82 Å². The second-order valence-electron chi connectivity index (χ2n) is 5.68. The lowest BCUT2D eigenvalue weighted by atomic mass is 10.1. The van der Waals surface area contributed by atoms with Crippen LogP contribution in [0.2, 0.25) is 0 Å². The third-order valence-electron chi connectivity index (χ3n) is 3.97. The van der Waals surface area contributed by atoms with Crippen molar-refractivity contribution in [2.24, 2.45) is 5.92 Å². The number of aromatic nitrogens is 2. The molecule has 1 atom stereocenters. The van der Waals surface area contributed by atoms with Crippen LogP contribution in [0.4, 0.5) is 10.3 Å². The van der Waals surface area contributed by atoms with Crippen molar-refractivity contribution < 1.29 is 14.0 Å². The van der Waals surface area contributed by atoms with Gasteiger partial charge in [0, 0.05) is 31.9 Å². The number of halogens is 1. The molecular formula is C17H17FN4O2. The van der Waals surface area contributed by atoms with E-state index < -0.39 is 5.92 Å². The Morgan fingerprint density at radius 2 is 1.96 bits per heavy atom. The van der Waals surface area contributed by atoms with Gasteiger partial charge in [-0.3, -0.25) is 14.9 Å². The van der Waals surface area contributed by atoms with E-state index in [1.165, 1.54) is 24.5 Å². The zero-order chi connectivity index (χ0) is 16.9. The highest BCUT2D eigenvalue weighted by atomic mass is 19.1. The highest BCUT2D eigenvalue weighted by Gasteiger charge is 2.34. The average molecular weight is 328 g/mol. The molecule has 1 N–H and O–H groups in total. The van der Waals surface area contributed by atoms with Gasteiger partial charge in [-0.2, -0.15) is 0 Å². The first-order chi connectivity index (χ1) is 11.6. The summed E-state index contributed by atoms with van der Waals surface area (Å²) < 4.78 is 12.9. The molecule has 0 radical (unpaired) electrons. The van der Waals surface area contributed by atoms with Gasteiger partial charge in [0.2, 0.25) is 17.8 Å². The zero-order valence-corrected chi connectivity index (χ0v) is 13.0. The van der Waals surface area contributed by atoms with Crippen LogP contribution in [0.1, 0.15) is 12.0 Å². The summed E-state index contributed by atoms with van der Waals surface area (Å²) in [5.74, 6) is -0.754. The molecule has 6 nitrogen and oxygen atoms in total. The van der Waals surface area contributed by atoms with Crippen LogP contribution < -0.4 is 5.32 Å². The Morgan fingerprint density at radius 3 is 2.67 bits per heavy atom. The first-order valence-electron chi connectivity index (χ1n) is 7.72. The normalized spacial score (nSPS) is 17.1. The number of carbonyl (C=O) groups excluding carboxylic acids is 2. The highest BCUT2D eigenvalue weighted by molar-refractivity contribution is 5.96. The fourth-order valence-corrected chi connectivity index (χ4v) is 2.65. The molecule has 1 aromatic heterocycles. The molecule has 1 fully saturated rings. The van der Waals surface area contributed by atoms with Crippen LogP contribution in [0.15, 0.2) is 42.7 Å². The molecular weight excluding hydrogens is 311 g/mol. The summed E-state index contributed by atoms with van der Waals surface area (Å²) in [6.45, 7) is 0.884. The molecule has 1 unspecified atom stereocenters. The number of rotatable bonds is 5. The van der Waals surface area contributed by atoms with Crippen LogP contribution in [0.25, 0.3) is 0 Å². The molecule has 1 aliphatic heterocycles. The van der Waals surface area contributed by atoms with E-state index >= 15 is 0 Å². The molecule has 0 spiro atoms. The van der Waals surface area contributed by atoms with E-state index in [2.05, 4.69) is 15.3 Å². The van der Waals surface area contributed by atoms with Gasteiger partial charge >= 0.3 is 0 Å². The van der Waals surface area contributed by atoms with Gasteiger partial charge in [-0.1, -0.05) is 12.1 Å². The Bertz CT molecular complexity index is 721. The Hall–Kier alpha value is -2.83. The monoisotopic (exact) mass is 328 g/mol. The number of hydrogen-bond donors (Lipinski definition) is 1. The van der Waals surface area contributed by atoms with Crippen molar-refractivity contribution in [1.82, 2.24) is 14.9 Å². The summed E-state index contributed by atoms with van der Waals surface area (Å²) in [5, 5.41) is 2.62. The predicted molar refractivity (Wildman–Crippen MR) is 85.5 cm³/mol. The van der Waals surface area contributed by atoms with Crippen molar-refractivity contribution >= 4 is 17.8 Å². The van der Waals surface area contributed by atoms with Crippen LogP contribution in [0, 0.1) is 11.7 Å². The fourth-order valence-electron chi connectivity index (χ4n) is 2.65. The van der Waals surface area contributed by atoms with E-state index in [-0.39, 0.29) is 30.0 Å². The van der Waals surface area contributed by atoms with Crippen molar-refractivity contribution in [3.63, 3.8) is 0 Å². The third kappa shape index (κ3) is 3.92. The Balaban J connectivity index is 1.53. The molecule has 2 amide bonds. The highest BCUT2D eigenvalue weighted by Crippen LogP contribution is 2.19. The van der Waals surface area contributed by atoms with Crippen molar-refractivity contribution in [3.8, 4) is 0 Å². The van der Waals surface area contributed by atoms with Gasteiger partial charge in [0.25, 0.3) is 0 Å². The minimum Gasteiger partial charge on any atom is -0.342 e. The number of benzene rings is 1. The summed E-state index contributed by atoms with van der Waals surface area (Å²) in [6, 6.07) is 7.86. The summed E-state index contributed by atoms with van der Waals surface area (Å²) in [7, 11) is 0. The molecule has 0 aliphatic carbocycles. The standard InChI is InChI=1S/C17H17FN4O2/c18-14-4-2-12(3-5-14)6-9-22-11-13(10-15(22)23)16(24)21-17-19-7-1-8-20-17/h1-5,7-8,13H,6,9-11H2,(H,19,20,21,24). The van der Waals surface area contributed by atoms with Crippen LogP contribution in [0.5, 0.6) is 0 Å². The van der Waals surface area contributed by atoms with E-state index in [1.807, 2.05) is 0 Å². The van der Waals surface area contributed by atoms with Crippen molar-refractivity contribution in [1.29, 1.82) is 0 Å². The maximum Gasteiger partial charge on any atom is 0.232 e. The summed E-state index contributed by atoms with van der Waals surface area (Å²) in [5.41, 5.74) is 0.954. The molecule has 7 heteroatoms. The zero-order valence-electron chi connectivity index (χ0n) is 13.0. The number of anilines is 1. The molecule has 2 aromatic rings. The minimum absolute atomic E-state index is 0.0498. The van der Waals surface area contributed by atoms with E-state index in [1.54, 1.807) is 23.1 Å². The van der Waals surface area contributed by atoms with E-state index in [0.29, 0.717) is 19.5 Å². The average Bonchev–Trinajstić information content (AvgIpc) is 2.96. The summed E-state index contributed by atoms with van der Waals surface area (Å²) in [6.07, 6.45) is 3.89. The number of carbonyl (C=O) groups is 2. The van der Waals surface area contributed by atoms with Crippen LogP contribution in [0.3, 0.4) is 0 Å². The quantitative estimate of drug-likeness (QED) is 0.905. The molecule has 3 rings (SSSR count). The topological polar surface area (TPSA) is 75.2 Å². The van der Waals surface area contributed by atoms with Crippen molar-refractivity contribution in [3.05, 3.63) is 54.1 Å². The molecule has 124 valence electrons. The van der Waals surface area contributed by atoms with Gasteiger partial charge < -0.3 is 4.90 Å². The van der Waals surface area contributed by atoms with Crippen LogP contribution in [-0.4, -0.2) is 39.8 Å². The number of hydrogen-bond acceptors (Lipinski definition) is 4. The minimum atomic E-state index is -0.408. The van der Waals surface area contributed by atoms with Crippen molar-refractivity contribution in [2.45, 2.75) is 12.8 Å². The number of nitrogens with zero attached hydrogens (tertiary/aromatic N) is 3. The van der Waals surface area contributed by atoms with E-state index in [4.69, 9.17) is 0 Å². The molecule has 1 aromatic carbocycles. The Kier molecular flexibility index (Phi) is 4.79. The van der Waals surface area contributed by atoms with Gasteiger partial charge in [0.05, 0.1) is 5.92 Å². The summed E-state index contributed by atoms with van der Waals surface area (Å²) in [4.78, 5) is 33.8. The molecule has 0 bridgehead atoms. The van der Waals surface area contributed by atoms with Crippen LogP contribution >= 0.6 is 0 Å². The first kappa shape index (κ1) is 16.0. The lowest BCUT2D eigenvalue weighted by Gasteiger charge is -2.16. The molecule has 2 heterocycles. The smallest absolute Gasteiger partial charge is 0.232 e. The largest absolute Gasteiger partial charge is 0.342 e. The molecule has 1 aliphatic rings. The Labute approximate surface area is 138 Å². The van der Waals surface area contributed by atoms with Gasteiger partial charge in [-0.15, -0.1) is 0 Å².